The highest BCUT2D eigenvalue weighted by Gasteiger charge is 2.11. The van der Waals surface area contributed by atoms with Crippen LogP contribution in [0.4, 0.5) is 0 Å². The van der Waals surface area contributed by atoms with E-state index in [1.807, 2.05) is 6.21 Å². The summed E-state index contributed by atoms with van der Waals surface area (Å²) < 4.78 is 0. The number of nitrogens with one attached hydrogen (secondary N) is 1. The monoisotopic (exact) mass is 256 g/mol. The van der Waals surface area contributed by atoms with Crippen LogP contribution in [0.5, 0.6) is 0 Å². The Morgan fingerprint density at radius 3 is 2.68 bits per heavy atom. The fraction of sp³-hybridized carbons (Fsp3) is 0.400. The van der Waals surface area contributed by atoms with Crippen molar-refractivity contribution in [3.8, 4) is 0 Å². The molecule has 0 atom stereocenters. The van der Waals surface area contributed by atoms with Crippen molar-refractivity contribution in [1.29, 1.82) is 0 Å². The largest absolute Gasteiger partial charge is 0.358 e. The minimum atomic E-state index is 1.01. The lowest BCUT2D eigenvalue weighted by Gasteiger charge is -2.30. The fourth-order valence-electron chi connectivity index (χ4n) is 2.52. The summed E-state index contributed by atoms with van der Waals surface area (Å²) in [6.07, 6.45) is 2.00. The van der Waals surface area contributed by atoms with Crippen LogP contribution in [0.2, 0.25) is 0 Å². The van der Waals surface area contributed by atoms with Gasteiger partial charge in [0.2, 0.25) is 0 Å². The first-order chi connectivity index (χ1) is 9.24. The summed E-state index contributed by atoms with van der Waals surface area (Å²) in [4.78, 5) is 5.74. The molecule has 0 saturated carbocycles. The molecule has 1 saturated heterocycles. The van der Waals surface area contributed by atoms with Crippen LogP contribution in [0.1, 0.15) is 11.3 Å². The van der Waals surface area contributed by atoms with Gasteiger partial charge in [-0.05, 0) is 20.0 Å². The molecule has 1 aliphatic rings. The number of hydrogen-bond acceptors (Lipinski definition) is 3. The Balaban J connectivity index is 1.83. The molecule has 1 N–H and O–H groups in total. The number of para-hydroxylation sites is 1. The van der Waals surface area contributed by atoms with Gasteiger partial charge in [-0.3, -0.25) is 5.01 Å². The molecule has 100 valence electrons. The van der Waals surface area contributed by atoms with E-state index < -0.39 is 0 Å². The maximum Gasteiger partial charge on any atom is 0.0567 e. The minimum absolute atomic E-state index is 1.01. The van der Waals surface area contributed by atoms with Crippen molar-refractivity contribution >= 4 is 17.1 Å². The molecule has 3 rings (SSSR count). The Bertz CT molecular complexity index is 591. The van der Waals surface area contributed by atoms with Gasteiger partial charge in [0.15, 0.2) is 0 Å². The first kappa shape index (κ1) is 12.2. The first-order valence-corrected chi connectivity index (χ1v) is 6.79. The van der Waals surface area contributed by atoms with E-state index in [1.165, 1.54) is 22.2 Å². The molecule has 0 bridgehead atoms. The van der Waals surface area contributed by atoms with Crippen LogP contribution in [0, 0.1) is 6.92 Å². The van der Waals surface area contributed by atoms with E-state index >= 15 is 0 Å². The van der Waals surface area contributed by atoms with Gasteiger partial charge in [0, 0.05) is 48.3 Å². The third-order valence-electron chi connectivity index (χ3n) is 3.77. The number of rotatable bonds is 2. The van der Waals surface area contributed by atoms with Crippen LogP contribution in [-0.4, -0.2) is 54.3 Å². The van der Waals surface area contributed by atoms with Crippen molar-refractivity contribution in [2.75, 3.05) is 33.2 Å². The molecule has 0 spiro atoms. The lowest BCUT2D eigenvalue weighted by Crippen LogP contribution is -2.41. The van der Waals surface area contributed by atoms with Gasteiger partial charge in [0.1, 0.15) is 0 Å². The molecule has 2 aromatic rings. The van der Waals surface area contributed by atoms with E-state index in [9.17, 15) is 0 Å². The minimum Gasteiger partial charge on any atom is -0.358 e. The predicted molar refractivity (Wildman–Crippen MR) is 79.7 cm³/mol. The highest BCUT2D eigenvalue weighted by atomic mass is 15.5. The maximum atomic E-state index is 4.63. The summed E-state index contributed by atoms with van der Waals surface area (Å²) in [5, 5.41) is 8.03. The number of aromatic nitrogens is 1. The summed E-state index contributed by atoms with van der Waals surface area (Å²) >= 11 is 0. The molecule has 1 aliphatic heterocycles. The van der Waals surface area contributed by atoms with Gasteiger partial charge >= 0.3 is 0 Å². The summed E-state index contributed by atoms with van der Waals surface area (Å²) in [6.45, 7) is 6.29. The van der Waals surface area contributed by atoms with Gasteiger partial charge < -0.3 is 9.88 Å². The number of H-pyrrole nitrogens is 1. The number of fused-ring (bicyclic) bond motifs is 1. The zero-order valence-corrected chi connectivity index (χ0v) is 11.6. The van der Waals surface area contributed by atoms with Gasteiger partial charge in [0.05, 0.1) is 6.21 Å². The van der Waals surface area contributed by atoms with Crippen LogP contribution in [0.15, 0.2) is 29.4 Å². The van der Waals surface area contributed by atoms with Gasteiger partial charge in [0.25, 0.3) is 0 Å². The number of benzene rings is 1. The zero-order valence-electron chi connectivity index (χ0n) is 11.6. The predicted octanol–water partition coefficient (Wildman–Crippen LogP) is 2.06. The fourth-order valence-corrected chi connectivity index (χ4v) is 2.52. The smallest absolute Gasteiger partial charge is 0.0567 e. The topological polar surface area (TPSA) is 34.6 Å². The molecule has 1 aromatic carbocycles. The summed E-state index contributed by atoms with van der Waals surface area (Å²) in [7, 11) is 2.16. The lowest BCUT2D eigenvalue weighted by atomic mass is 10.1. The van der Waals surface area contributed by atoms with E-state index in [-0.39, 0.29) is 0 Å². The molecule has 4 heteroatoms. The second-order valence-electron chi connectivity index (χ2n) is 5.21. The molecule has 19 heavy (non-hydrogen) atoms. The lowest BCUT2D eigenvalue weighted by molar-refractivity contribution is 0.159. The van der Waals surface area contributed by atoms with E-state index in [4.69, 9.17) is 0 Å². The molecule has 1 fully saturated rings. The van der Waals surface area contributed by atoms with E-state index in [1.54, 1.807) is 0 Å². The van der Waals surface area contributed by atoms with Gasteiger partial charge in [-0.15, -0.1) is 0 Å². The Hall–Kier alpha value is -1.81. The molecule has 2 heterocycles. The van der Waals surface area contributed by atoms with Crippen molar-refractivity contribution in [2.24, 2.45) is 5.10 Å². The third-order valence-corrected chi connectivity index (χ3v) is 3.77. The average molecular weight is 256 g/mol. The quantitative estimate of drug-likeness (QED) is 0.835. The maximum absolute atomic E-state index is 4.63. The van der Waals surface area contributed by atoms with Crippen molar-refractivity contribution in [3.05, 3.63) is 35.5 Å². The van der Waals surface area contributed by atoms with Crippen LogP contribution in [0.3, 0.4) is 0 Å². The number of piperazine rings is 1. The molecule has 1 aromatic heterocycles. The van der Waals surface area contributed by atoms with E-state index in [0.29, 0.717) is 0 Å². The van der Waals surface area contributed by atoms with Crippen LogP contribution in [-0.2, 0) is 0 Å². The highest BCUT2D eigenvalue weighted by Crippen LogP contribution is 2.20. The van der Waals surface area contributed by atoms with Gasteiger partial charge in [-0.25, -0.2) is 0 Å². The SMILES string of the molecule is Cc1[nH]c2ccccc2c1C=NN1CCN(C)CC1. The number of aryl methyl sites for hydroxylation is 1. The second-order valence-corrected chi connectivity index (χ2v) is 5.21. The number of likely N-dealkylation sites (N-methyl/N-ethyl adjacent to an activating group) is 1. The second kappa shape index (κ2) is 5.05. The molecular formula is C15H20N4. The van der Waals surface area contributed by atoms with Crippen LogP contribution < -0.4 is 0 Å². The number of hydrazone groups is 1. The molecule has 4 nitrogen and oxygen atoms in total. The molecule has 0 radical (unpaired) electrons. The highest BCUT2D eigenvalue weighted by molar-refractivity contribution is 6.00. The number of nitrogens with zero attached hydrogens (tertiary/aromatic N) is 3. The Labute approximate surface area is 113 Å². The Morgan fingerprint density at radius 1 is 1.16 bits per heavy atom. The Kier molecular flexibility index (Phi) is 3.25. The molecular weight excluding hydrogens is 236 g/mol. The normalized spacial score (nSPS) is 17.7. The third kappa shape index (κ3) is 2.49. The van der Waals surface area contributed by atoms with E-state index in [0.717, 1.165) is 26.2 Å². The van der Waals surface area contributed by atoms with Crippen molar-refractivity contribution in [3.63, 3.8) is 0 Å². The van der Waals surface area contributed by atoms with Crippen molar-refractivity contribution < 1.29 is 0 Å². The van der Waals surface area contributed by atoms with E-state index in [2.05, 4.69) is 58.2 Å². The molecule has 0 amide bonds. The van der Waals surface area contributed by atoms with Gasteiger partial charge in [-0.2, -0.15) is 5.10 Å². The molecule has 0 aliphatic carbocycles. The Morgan fingerprint density at radius 2 is 1.89 bits per heavy atom. The number of aromatic amines is 1. The zero-order chi connectivity index (χ0) is 13.2. The average Bonchev–Trinajstić information content (AvgIpc) is 2.74. The summed E-state index contributed by atoms with van der Waals surface area (Å²) in [6, 6.07) is 8.38. The summed E-state index contributed by atoms with van der Waals surface area (Å²) in [5.74, 6) is 0. The standard InChI is InChI=1S/C15H20N4/c1-12-14(13-5-3-4-6-15(13)17-12)11-16-19-9-7-18(2)8-10-19/h3-6,11,17H,7-10H2,1-2H3. The van der Waals surface area contributed by atoms with Crippen molar-refractivity contribution in [2.45, 2.75) is 6.92 Å². The molecule has 0 unspecified atom stereocenters. The first-order valence-electron chi connectivity index (χ1n) is 6.79. The number of hydrogen-bond donors (Lipinski definition) is 1. The van der Waals surface area contributed by atoms with Crippen LogP contribution >= 0.6 is 0 Å². The van der Waals surface area contributed by atoms with Gasteiger partial charge in [-0.1, -0.05) is 18.2 Å². The summed E-state index contributed by atoms with van der Waals surface area (Å²) in [5.41, 5.74) is 3.56. The van der Waals surface area contributed by atoms with Crippen molar-refractivity contribution in [1.82, 2.24) is 14.9 Å². The van der Waals surface area contributed by atoms with Crippen LogP contribution in [0.25, 0.3) is 10.9 Å².